The molecule has 0 bridgehead atoms. The Labute approximate surface area is 170 Å². The highest BCUT2D eigenvalue weighted by molar-refractivity contribution is 5.86. The third-order valence-corrected chi connectivity index (χ3v) is 4.55. The number of amides is 2. The van der Waals surface area contributed by atoms with Gasteiger partial charge in [0.25, 0.3) is 0 Å². The zero-order valence-corrected chi connectivity index (χ0v) is 17.6. The number of unbranched alkanes of at least 4 members (excludes halogenated alkanes) is 11. The molecule has 0 radical (unpaired) electrons. The van der Waals surface area contributed by atoms with Crippen LogP contribution in [0.25, 0.3) is 0 Å². The highest BCUT2D eigenvalue weighted by Crippen LogP contribution is 2.09. The van der Waals surface area contributed by atoms with Crippen LogP contribution in [0.15, 0.2) is 12.2 Å². The average Bonchev–Trinajstić information content (AvgIpc) is 2.67. The number of allylic oxidation sites excluding steroid dienone is 2. The SMILES string of the molecule is CCCCCCCC/C=C\CCCCCCCC(=O)NCC(=O)NCC(=O)O. The predicted octanol–water partition coefficient (Wildman–Crippen LogP) is 4.34. The van der Waals surface area contributed by atoms with E-state index in [2.05, 4.69) is 29.7 Å². The maximum absolute atomic E-state index is 11.6. The van der Waals surface area contributed by atoms with Gasteiger partial charge in [-0.1, -0.05) is 70.4 Å². The van der Waals surface area contributed by atoms with Gasteiger partial charge in [-0.2, -0.15) is 0 Å². The first-order chi connectivity index (χ1) is 13.6. The summed E-state index contributed by atoms with van der Waals surface area (Å²) >= 11 is 0. The molecule has 28 heavy (non-hydrogen) atoms. The molecule has 0 unspecified atom stereocenters. The maximum Gasteiger partial charge on any atom is 0.322 e. The molecule has 0 aliphatic carbocycles. The van der Waals surface area contributed by atoms with Crippen molar-refractivity contribution >= 4 is 17.8 Å². The molecule has 0 saturated carbocycles. The molecule has 0 aliphatic rings. The van der Waals surface area contributed by atoms with E-state index in [1.54, 1.807) is 0 Å². The second-order valence-corrected chi connectivity index (χ2v) is 7.28. The first-order valence-corrected chi connectivity index (χ1v) is 11.0. The number of carboxylic acid groups (broad SMARTS) is 1. The minimum Gasteiger partial charge on any atom is -0.480 e. The molecule has 6 nitrogen and oxygen atoms in total. The summed E-state index contributed by atoms with van der Waals surface area (Å²) in [5.74, 6) is -1.75. The smallest absolute Gasteiger partial charge is 0.322 e. The van der Waals surface area contributed by atoms with Crippen molar-refractivity contribution in [1.29, 1.82) is 0 Å². The van der Waals surface area contributed by atoms with Gasteiger partial charge in [0, 0.05) is 6.42 Å². The fraction of sp³-hybridized carbons (Fsp3) is 0.773. The van der Waals surface area contributed by atoms with Gasteiger partial charge in [0.1, 0.15) is 6.54 Å². The van der Waals surface area contributed by atoms with Gasteiger partial charge in [-0.05, 0) is 32.1 Å². The Morgan fingerprint density at radius 3 is 1.75 bits per heavy atom. The van der Waals surface area contributed by atoms with Crippen LogP contribution in [0.5, 0.6) is 0 Å². The van der Waals surface area contributed by atoms with Crippen LogP contribution >= 0.6 is 0 Å². The van der Waals surface area contributed by atoms with E-state index in [-0.39, 0.29) is 12.5 Å². The Morgan fingerprint density at radius 1 is 0.679 bits per heavy atom. The fourth-order valence-electron chi connectivity index (χ4n) is 2.86. The minimum absolute atomic E-state index is 0.164. The lowest BCUT2D eigenvalue weighted by Gasteiger charge is -2.05. The monoisotopic (exact) mass is 396 g/mol. The number of rotatable bonds is 19. The summed E-state index contributed by atoms with van der Waals surface area (Å²) in [5.41, 5.74) is 0. The quantitative estimate of drug-likeness (QED) is 0.223. The lowest BCUT2D eigenvalue weighted by Crippen LogP contribution is -2.38. The maximum atomic E-state index is 11.6. The highest BCUT2D eigenvalue weighted by Gasteiger charge is 2.06. The summed E-state index contributed by atoms with van der Waals surface area (Å²) < 4.78 is 0. The number of carbonyl (C=O) groups excluding carboxylic acids is 2. The number of aliphatic carboxylic acids is 1. The molecule has 2 amide bonds. The van der Waals surface area contributed by atoms with E-state index in [1.807, 2.05) is 0 Å². The van der Waals surface area contributed by atoms with Gasteiger partial charge in [-0.3, -0.25) is 14.4 Å². The van der Waals surface area contributed by atoms with Crippen LogP contribution < -0.4 is 10.6 Å². The molecule has 0 saturated heterocycles. The molecule has 0 atom stereocenters. The second-order valence-electron chi connectivity index (χ2n) is 7.28. The largest absolute Gasteiger partial charge is 0.480 e. The van der Waals surface area contributed by atoms with Crippen molar-refractivity contribution in [2.75, 3.05) is 13.1 Å². The van der Waals surface area contributed by atoms with Crippen LogP contribution in [0.3, 0.4) is 0 Å². The third-order valence-electron chi connectivity index (χ3n) is 4.55. The first-order valence-electron chi connectivity index (χ1n) is 11.0. The molecule has 162 valence electrons. The molecule has 0 aliphatic heterocycles. The molecule has 0 aromatic carbocycles. The van der Waals surface area contributed by atoms with Gasteiger partial charge >= 0.3 is 5.97 Å². The third kappa shape index (κ3) is 20.5. The molecule has 0 heterocycles. The molecule has 3 N–H and O–H groups in total. The summed E-state index contributed by atoms with van der Waals surface area (Å²) in [6.45, 7) is 1.65. The lowest BCUT2D eigenvalue weighted by molar-refractivity contribution is -0.137. The highest BCUT2D eigenvalue weighted by atomic mass is 16.4. The number of nitrogens with one attached hydrogen (secondary N) is 2. The minimum atomic E-state index is -1.10. The van der Waals surface area contributed by atoms with E-state index >= 15 is 0 Å². The van der Waals surface area contributed by atoms with Crippen LogP contribution in [-0.4, -0.2) is 36.0 Å². The zero-order valence-electron chi connectivity index (χ0n) is 17.6. The molecule has 0 rings (SSSR count). The van der Waals surface area contributed by atoms with E-state index in [0.717, 1.165) is 25.7 Å². The van der Waals surface area contributed by atoms with E-state index < -0.39 is 18.4 Å². The van der Waals surface area contributed by atoms with Crippen LogP contribution in [0, 0.1) is 0 Å². The number of carbonyl (C=O) groups is 3. The molecule has 0 fully saturated rings. The summed E-state index contributed by atoms with van der Waals surface area (Å²) in [6.07, 6.45) is 20.8. The second kappa shape index (κ2) is 19.9. The van der Waals surface area contributed by atoms with Gasteiger partial charge in [0.05, 0.1) is 6.54 Å². The molecule has 0 aromatic heterocycles. The van der Waals surface area contributed by atoms with Crippen molar-refractivity contribution < 1.29 is 19.5 Å². The van der Waals surface area contributed by atoms with E-state index in [1.165, 1.54) is 57.8 Å². The van der Waals surface area contributed by atoms with E-state index in [4.69, 9.17) is 5.11 Å². The first kappa shape index (κ1) is 26.1. The van der Waals surface area contributed by atoms with Gasteiger partial charge in [-0.25, -0.2) is 0 Å². The normalized spacial score (nSPS) is 10.9. The number of hydrogen-bond donors (Lipinski definition) is 3. The Bertz CT molecular complexity index is 450. The van der Waals surface area contributed by atoms with Gasteiger partial charge in [0.2, 0.25) is 11.8 Å². The van der Waals surface area contributed by atoms with Crippen molar-refractivity contribution in [3.63, 3.8) is 0 Å². The molecule has 6 heteroatoms. The molecule has 0 spiro atoms. The molecular weight excluding hydrogens is 356 g/mol. The average molecular weight is 397 g/mol. The van der Waals surface area contributed by atoms with Crippen LogP contribution in [0.2, 0.25) is 0 Å². The van der Waals surface area contributed by atoms with E-state index in [0.29, 0.717) is 6.42 Å². The summed E-state index contributed by atoms with van der Waals surface area (Å²) in [7, 11) is 0. The number of hydrogen-bond acceptors (Lipinski definition) is 3. The zero-order chi connectivity index (χ0) is 20.9. The fourth-order valence-corrected chi connectivity index (χ4v) is 2.86. The van der Waals surface area contributed by atoms with Gasteiger partial charge in [-0.15, -0.1) is 0 Å². The Balaban J connectivity index is 3.33. The Morgan fingerprint density at radius 2 is 1.18 bits per heavy atom. The van der Waals surface area contributed by atoms with Crippen LogP contribution in [0.4, 0.5) is 0 Å². The van der Waals surface area contributed by atoms with Crippen LogP contribution in [-0.2, 0) is 14.4 Å². The van der Waals surface area contributed by atoms with Gasteiger partial charge in [0.15, 0.2) is 0 Å². The van der Waals surface area contributed by atoms with Crippen molar-refractivity contribution in [3.05, 3.63) is 12.2 Å². The van der Waals surface area contributed by atoms with Crippen molar-refractivity contribution in [3.8, 4) is 0 Å². The number of carboxylic acids is 1. The predicted molar refractivity (Wildman–Crippen MR) is 113 cm³/mol. The lowest BCUT2D eigenvalue weighted by atomic mass is 10.1. The van der Waals surface area contributed by atoms with Crippen molar-refractivity contribution in [2.45, 2.75) is 96.8 Å². The topological polar surface area (TPSA) is 95.5 Å². The standard InChI is InChI=1S/C22H40N2O4/c1-2-3-4-5-6-7-8-9-10-11-12-13-14-15-16-17-20(25)23-18-21(26)24-19-22(27)28/h9-10H,2-8,11-19H2,1H3,(H,23,25)(H,24,26)(H,27,28)/b10-9-. The molecule has 0 aromatic rings. The van der Waals surface area contributed by atoms with Crippen LogP contribution in [0.1, 0.15) is 96.8 Å². The summed E-state index contributed by atoms with van der Waals surface area (Å²) in [5, 5.41) is 13.1. The molecular formula is C22H40N2O4. The Kier molecular flexibility index (Phi) is 18.6. The van der Waals surface area contributed by atoms with Crippen molar-refractivity contribution in [1.82, 2.24) is 10.6 Å². The summed E-state index contributed by atoms with van der Waals surface area (Å²) in [6, 6.07) is 0. The van der Waals surface area contributed by atoms with Gasteiger partial charge < -0.3 is 15.7 Å². The summed E-state index contributed by atoms with van der Waals surface area (Å²) in [4.78, 5) is 33.2. The Hall–Kier alpha value is -1.85. The van der Waals surface area contributed by atoms with E-state index in [9.17, 15) is 14.4 Å². The van der Waals surface area contributed by atoms with Crippen molar-refractivity contribution in [2.24, 2.45) is 0 Å².